The molecule has 0 aliphatic heterocycles. The predicted octanol–water partition coefficient (Wildman–Crippen LogP) is 1.38. The largest absolute Gasteiger partial charge is 0.573 e. The smallest absolute Gasteiger partial charge is 0.404 e. The Balaban J connectivity index is 2.73. The van der Waals surface area contributed by atoms with E-state index in [0.717, 1.165) is 6.07 Å². The van der Waals surface area contributed by atoms with Gasteiger partial charge in [-0.05, 0) is 12.1 Å². The Hall–Kier alpha value is -2.25. The predicted molar refractivity (Wildman–Crippen MR) is 49.8 cm³/mol. The lowest BCUT2D eigenvalue weighted by atomic mass is 10.2. The second kappa shape index (κ2) is 3.65. The van der Waals surface area contributed by atoms with Crippen molar-refractivity contribution in [1.82, 2.24) is 4.98 Å². The van der Waals surface area contributed by atoms with Crippen LogP contribution in [-0.4, -0.2) is 11.3 Å². The Morgan fingerprint density at radius 2 is 1.94 bits per heavy atom. The third-order valence-electron chi connectivity index (χ3n) is 1.88. The number of aromatic nitrogens is 1. The van der Waals surface area contributed by atoms with E-state index >= 15 is 0 Å². The van der Waals surface area contributed by atoms with E-state index in [-0.39, 0.29) is 10.9 Å². The van der Waals surface area contributed by atoms with Crippen molar-refractivity contribution in [3.63, 3.8) is 0 Å². The van der Waals surface area contributed by atoms with Crippen molar-refractivity contribution in [2.75, 3.05) is 0 Å². The maximum atomic E-state index is 12.1. The normalized spacial score (nSPS) is 11.7. The molecule has 0 spiro atoms. The van der Waals surface area contributed by atoms with Gasteiger partial charge in [-0.2, -0.15) is 0 Å². The number of para-hydroxylation sites is 1. The van der Waals surface area contributed by atoms with Crippen LogP contribution in [0.3, 0.4) is 0 Å². The van der Waals surface area contributed by atoms with Gasteiger partial charge in [-0.15, -0.1) is 13.2 Å². The number of H-pyrrole nitrogens is 1. The molecule has 0 radical (unpaired) electrons. The van der Waals surface area contributed by atoms with E-state index in [1.807, 2.05) is 4.98 Å². The van der Waals surface area contributed by atoms with Gasteiger partial charge in [0, 0.05) is 0 Å². The number of hydrogen-bond donors (Lipinski definition) is 1. The summed E-state index contributed by atoms with van der Waals surface area (Å²) in [6.07, 6.45) is -4.92. The number of ether oxygens (including phenoxy) is 1. The lowest BCUT2D eigenvalue weighted by molar-refractivity contribution is -0.274. The van der Waals surface area contributed by atoms with Crippen LogP contribution in [-0.2, 0) is 0 Å². The molecule has 0 amide bonds. The van der Waals surface area contributed by atoms with Gasteiger partial charge in [-0.25, -0.2) is 9.59 Å². The molecule has 0 fully saturated rings. The minimum absolute atomic E-state index is 0.202. The summed E-state index contributed by atoms with van der Waals surface area (Å²) >= 11 is 0. The molecule has 17 heavy (non-hydrogen) atoms. The number of hydrogen-bond acceptors (Lipinski definition) is 4. The minimum atomic E-state index is -4.92. The Morgan fingerprint density at radius 1 is 1.24 bits per heavy atom. The summed E-state index contributed by atoms with van der Waals surface area (Å²) in [5.74, 6) is -1.82. The molecule has 5 nitrogen and oxygen atoms in total. The summed E-state index contributed by atoms with van der Waals surface area (Å²) in [7, 11) is 0. The molecule has 1 aromatic heterocycles. The summed E-state index contributed by atoms with van der Waals surface area (Å²) in [6.45, 7) is 0. The van der Waals surface area contributed by atoms with Crippen LogP contribution in [0.1, 0.15) is 0 Å². The third-order valence-corrected chi connectivity index (χ3v) is 1.88. The van der Waals surface area contributed by atoms with Crippen molar-refractivity contribution >= 4 is 10.9 Å². The van der Waals surface area contributed by atoms with Gasteiger partial charge in [0.05, 0.1) is 5.39 Å². The number of benzene rings is 1. The molecule has 8 heteroatoms. The van der Waals surface area contributed by atoms with Crippen LogP contribution in [0.25, 0.3) is 10.9 Å². The molecule has 0 saturated heterocycles. The number of alkyl halides is 3. The first-order valence-corrected chi connectivity index (χ1v) is 4.29. The lowest BCUT2D eigenvalue weighted by Gasteiger charge is -2.09. The molecule has 1 N–H and O–H groups in total. The van der Waals surface area contributed by atoms with Crippen LogP contribution in [0.5, 0.6) is 5.75 Å². The number of aromatic amines is 1. The van der Waals surface area contributed by atoms with Crippen molar-refractivity contribution in [2.24, 2.45) is 0 Å². The zero-order valence-electron chi connectivity index (χ0n) is 8.00. The van der Waals surface area contributed by atoms with Crippen LogP contribution < -0.4 is 16.1 Å². The molecule has 2 rings (SSSR count). The lowest BCUT2D eigenvalue weighted by Crippen LogP contribution is -2.20. The Labute approximate surface area is 90.4 Å². The van der Waals surface area contributed by atoms with E-state index in [2.05, 4.69) is 9.15 Å². The van der Waals surface area contributed by atoms with E-state index in [0.29, 0.717) is 0 Å². The topological polar surface area (TPSA) is 72.3 Å². The highest BCUT2D eigenvalue weighted by atomic mass is 19.4. The minimum Gasteiger partial charge on any atom is -0.404 e. The van der Waals surface area contributed by atoms with Crippen LogP contribution >= 0.6 is 0 Å². The van der Waals surface area contributed by atoms with Gasteiger partial charge in [0.25, 0.3) is 0 Å². The van der Waals surface area contributed by atoms with Gasteiger partial charge >= 0.3 is 17.7 Å². The maximum Gasteiger partial charge on any atom is 0.573 e. The van der Waals surface area contributed by atoms with E-state index < -0.39 is 23.5 Å². The van der Waals surface area contributed by atoms with Crippen LogP contribution in [0, 0.1) is 0 Å². The molecular formula is C9H4F3NO4. The van der Waals surface area contributed by atoms with Gasteiger partial charge in [0.1, 0.15) is 5.52 Å². The summed E-state index contributed by atoms with van der Waals surface area (Å²) in [6, 6.07) is 3.37. The molecule has 0 unspecified atom stereocenters. The Morgan fingerprint density at radius 3 is 2.59 bits per heavy atom. The summed E-state index contributed by atoms with van der Waals surface area (Å²) in [5, 5.41) is -0.202. The van der Waals surface area contributed by atoms with Gasteiger partial charge in [-0.3, -0.25) is 4.98 Å². The molecule has 0 saturated carbocycles. The monoisotopic (exact) mass is 247 g/mol. The maximum absolute atomic E-state index is 12.1. The molecule has 0 bridgehead atoms. The second-order valence-corrected chi connectivity index (χ2v) is 3.03. The SMILES string of the molecule is O=c1[nH]c2c(OC(F)(F)F)cccc2c(=O)o1. The van der Waals surface area contributed by atoms with Crippen molar-refractivity contribution in [1.29, 1.82) is 0 Å². The van der Waals surface area contributed by atoms with Gasteiger partial charge < -0.3 is 9.15 Å². The fourth-order valence-corrected chi connectivity index (χ4v) is 1.31. The van der Waals surface area contributed by atoms with Crippen molar-refractivity contribution in [3.05, 3.63) is 39.2 Å². The number of halogens is 3. The highest BCUT2D eigenvalue weighted by Crippen LogP contribution is 2.27. The molecular weight excluding hydrogens is 243 g/mol. The van der Waals surface area contributed by atoms with E-state index in [9.17, 15) is 22.8 Å². The fourth-order valence-electron chi connectivity index (χ4n) is 1.31. The third kappa shape index (κ3) is 2.30. The highest BCUT2D eigenvalue weighted by molar-refractivity contribution is 5.82. The first-order valence-electron chi connectivity index (χ1n) is 4.29. The highest BCUT2D eigenvalue weighted by Gasteiger charge is 2.32. The molecule has 1 heterocycles. The van der Waals surface area contributed by atoms with Gasteiger partial charge in [0.15, 0.2) is 5.75 Å². The van der Waals surface area contributed by atoms with Crippen LogP contribution in [0.4, 0.5) is 13.2 Å². The number of nitrogens with one attached hydrogen (secondary N) is 1. The average Bonchev–Trinajstić information content (AvgIpc) is 2.17. The Bertz CT molecular complexity index is 670. The molecule has 0 aliphatic carbocycles. The second-order valence-electron chi connectivity index (χ2n) is 3.03. The molecule has 1 aromatic carbocycles. The average molecular weight is 247 g/mol. The van der Waals surface area contributed by atoms with Crippen molar-refractivity contribution in [2.45, 2.75) is 6.36 Å². The van der Waals surface area contributed by atoms with Crippen molar-refractivity contribution in [3.8, 4) is 5.75 Å². The Kier molecular flexibility index (Phi) is 2.41. The first-order chi connectivity index (χ1) is 7.87. The zero-order chi connectivity index (χ0) is 12.6. The summed E-state index contributed by atoms with van der Waals surface area (Å²) in [4.78, 5) is 24.0. The quantitative estimate of drug-likeness (QED) is 0.826. The van der Waals surface area contributed by atoms with Crippen LogP contribution in [0.15, 0.2) is 32.2 Å². The molecule has 2 aromatic rings. The zero-order valence-corrected chi connectivity index (χ0v) is 8.00. The standard InChI is InChI=1S/C9H4F3NO4/c10-9(11,12)17-5-3-1-2-4-6(5)13-8(15)16-7(4)14/h1-3H,(H,13,15). The number of rotatable bonds is 1. The molecule has 0 atom stereocenters. The van der Waals surface area contributed by atoms with E-state index in [1.54, 1.807) is 0 Å². The molecule has 0 aliphatic rings. The van der Waals surface area contributed by atoms with Crippen LogP contribution in [0.2, 0.25) is 0 Å². The summed E-state index contributed by atoms with van der Waals surface area (Å²) in [5.41, 5.74) is -1.39. The fraction of sp³-hybridized carbons (Fsp3) is 0.111. The van der Waals surface area contributed by atoms with Gasteiger partial charge in [0.2, 0.25) is 0 Å². The number of fused-ring (bicyclic) bond motifs is 1. The van der Waals surface area contributed by atoms with E-state index in [1.165, 1.54) is 12.1 Å². The summed E-state index contributed by atoms with van der Waals surface area (Å²) < 4.78 is 44.0. The van der Waals surface area contributed by atoms with E-state index in [4.69, 9.17) is 0 Å². The van der Waals surface area contributed by atoms with Gasteiger partial charge in [-0.1, -0.05) is 6.07 Å². The first kappa shape index (κ1) is 11.2. The van der Waals surface area contributed by atoms with Crippen molar-refractivity contribution < 1.29 is 22.3 Å². The molecule has 90 valence electrons.